The van der Waals surface area contributed by atoms with E-state index in [4.69, 9.17) is 4.74 Å². The molecule has 0 aliphatic carbocycles. The highest BCUT2D eigenvalue weighted by molar-refractivity contribution is 5.82. The number of aromatic nitrogens is 4. The number of ether oxygens (including phenoxy) is 1. The van der Waals surface area contributed by atoms with Gasteiger partial charge in [0.1, 0.15) is 29.4 Å². The molecule has 3 rings (SSSR count). The van der Waals surface area contributed by atoms with Crippen LogP contribution in [0, 0.1) is 0 Å². The second-order valence-corrected chi connectivity index (χ2v) is 5.19. The van der Waals surface area contributed by atoms with E-state index in [2.05, 4.69) is 25.3 Å². The van der Waals surface area contributed by atoms with Gasteiger partial charge < -0.3 is 30.4 Å². The number of aliphatic hydroxyl groups is 3. The van der Waals surface area contributed by atoms with Crippen molar-refractivity contribution in [2.24, 2.45) is 0 Å². The predicted molar refractivity (Wildman–Crippen MR) is 72.6 cm³/mol. The smallest absolute Gasteiger partial charge is 0.183 e. The number of aromatic amines is 1. The minimum Gasteiger partial charge on any atom is -0.394 e. The van der Waals surface area contributed by atoms with E-state index in [0.717, 1.165) is 0 Å². The Morgan fingerprint density at radius 2 is 2.24 bits per heavy atom. The highest BCUT2D eigenvalue weighted by atomic mass is 16.6. The van der Waals surface area contributed by atoms with E-state index in [1.165, 1.54) is 13.3 Å². The van der Waals surface area contributed by atoms with Gasteiger partial charge in [0.2, 0.25) is 0 Å². The zero-order valence-electron chi connectivity index (χ0n) is 11.6. The van der Waals surface area contributed by atoms with Gasteiger partial charge in [0, 0.05) is 7.05 Å². The molecule has 1 aliphatic heterocycles. The average Bonchev–Trinajstić information content (AvgIpc) is 3.02. The van der Waals surface area contributed by atoms with Gasteiger partial charge in [0.05, 0.1) is 12.9 Å². The van der Waals surface area contributed by atoms with Crippen molar-refractivity contribution in [1.29, 1.82) is 0 Å². The number of aliphatic hydroxyl groups excluding tert-OH is 2. The molecule has 0 aromatic carbocycles. The third kappa shape index (κ3) is 2.05. The molecule has 0 saturated carbocycles. The van der Waals surface area contributed by atoms with E-state index in [9.17, 15) is 15.3 Å². The molecule has 4 atom stereocenters. The molecule has 5 N–H and O–H groups in total. The number of anilines is 1. The molecule has 0 unspecified atom stereocenters. The summed E-state index contributed by atoms with van der Waals surface area (Å²) in [5.41, 5.74) is -0.550. The SMILES string of the molecule is CNc1nc([C@@H]2O[C@H](CO)[C@@H](O)[C@@]2(C)O)nc2nc[nH]c12. The van der Waals surface area contributed by atoms with E-state index in [-0.39, 0.29) is 5.82 Å². The summed E-state index contributed by atoms with van der Waals surface area (Å²) >= 11 is 0. The molecule has 21 heavy (non-hydrogen) atoms. The molecule has 0 amide bonds. The lowest BCUT2D eigenvalue weighted by molar-refractivity contribution is -0.0673. The third-order valence-electron chi connectivity index (χ3n) is 3.75. The van der Waals surface area contributed by atoms with Crippen LogP contribution in [0.15, 0.2) is 6.33 Å². The van der Waals surface area contributed by atoms with Gasteiger partial charge in [0.15, 0.2) is 17.3 Å². The number of imidazole rings is 1. The molecule has 9 nitrogen and oxygen atoms in total. The number of fused-ring (bicyclic) bond motifs is 1. The molecule has 0 spiro atoms. The second kappa shape index (κ2) is 4.88. The Balaban J connectivity index is 2.07. The van der Waals surface area contributed by atoms with Crippen LogP contribution in [0.1, 0.15) is 18.9 Å². The Labute approximate surface area is 120 Å². The molecule has 1 saturated heterocycles. The maximum Gasteiger partial charge on any atom is 0.183 e. The third-order valence-corrected chi connectivity index (χ3v) is 3.75. The van der Waals surface area contributed by atoms with Crippen LogP contribution in [0.4, 0.5) is 5.82 Å². The van der Waals surface area contributed by atoms with Gasteiger partial charge in [-0.25, -0.2) is 15.0 Å². The number of rotatable bonds is 3. The van der Waals surface area contributed by atoms with Crippen LogP contribution in [0.25, 0.3) is 11.2 Å². The van der Waals surface area contributed by atoms with Crippen molar-refractivity contribution >= 4 is 17.0 Å². The summed E-state index contributed by atoms with van der Waals surface area (Å²) in [6, 6.07) is 0. The first-order valence-corrected chi connectivity index (χ1v) is 6.54. The lowest BCUT2D eigenvalue weighted by atomic mass is 9.92. The summed E-state index contributed by atoms with van der Waals surface area (Å²) in [6.07, 6.45) is -1.59. The Bertz CT molecular complexity index is 658. The largest absolute Gasteiger partial charge is 0.394 e. The minimum atomic E-state index is -1.61. The van der Waals surface area contributed by atoms with Gasteiger partial charge in [-0.1, -0.05) is 0 Å². The lowest BCUT2D eigenvalue weighted by Crippen LogP contribution is -2.43. The number of nitrogens with zero attached hydrogens (tertiary/aromatic N) is 3. The normalized spacial score (nSPS) is 32.7. The molecule has 0 radical (unpaired) electrons. The summed E-state index contributed by atoms with van der Waals surface area (Å²) in [6.45, 7) is 1.02. The first-order valence-electron chi connectivity index (χ1n) is 6.54. The minimum absolute atomic E-state index is 0.193. The van der Waals surface area contributed by atoms with Crippen molar-refractivity contribution in [2.75, 3.05) is 19.0 Å². The van der Waals surface area contributed by atoms with Crippen molar-refractivity contribution in [3.63, 3.8) is 0 Å². The molecule has 9 heteroatoms. The average molecular weight is 295 g/mol. The summed E-state index contributed by atoms with van der Waals surface area (Å²) in [7, 11) is 1.70. The Hall–Kier alpha value is -1.81. The first-order chi connectivity index (χ1) is 9.98. The van der Waals surface area contributed by atoms with Crippen molar-refractivity contribution in [3.8, 4) is 0 Å². The molecule has 1 fully saturated rings. The van der Waals surface area contributed by atoms with Crippen LogP contribution in [-0.2, 0) is 4.74 Å². The highest BCUT2D eigenvalue weighted by Gasteiger charge is 2.53. The fourth-order valence-corrected chi connectivity index (χ4v) is 2.53. The predicted octanol–water partition coefficient (Wildman–Crippen LogP) is -1.06. The number of hydrogen-bond acceptors (Lipinski definition) is 8. The van der Waals surface area contributed by atoms with Crippen molar-refractivity contribution in [2.45, 2.75) is 30.8 Å². The van der Waals surface area contributed by atoms with Crippen LogP contribution in [-0.4, -0.2) is 66.7 Å². The standard InChI is InChI=1S/C12H17N5O4/c1-12(20)7(19)5(3-18)21-8(12)11-16-9(13-2)6-10(17-11)15-4-14-6/h4-5,7-8,18-20H,3H2,1-2H3,(H2,13,14,15,16,17)/t5-,7-,8+,12-/m1/s1. The summed E-state index contributed by atoms with van der Waals surface area (Å²) in [5.74, 6) is 0.702. The molecule has 0 bridgehead atoms. The summed E-state index contributed by atoms with van der Waals surface area (Å²) in [4.78, 5) is 15.5. The monoisotopic (exact) mass is 295 g/mol. The van der Waals surface area contributed by atoms with Crippen LogP contribution < -0.4 is 5.32 Å². The zero-order chi connectivity index (χ0) is 15.2. The van der Waals surface area contributed by atoms with Crippen LogP contribution in [0.5, 0.6) is 0 Å². The van der Waals surface area contributed by atoms with Gasteiger partial charge in [0.25, 0.3) is 0 Å². The fraction of sp³-hybridized carbons (Fsp3) is 0.583. The second-order valence-electron chi connectivity index (χ2n) is 5.19. The first kappa shape index (κ1) is 14.1. The maximum atomic E-state index is 10.4. The van der Waals surface area contributed by atoms with E-state index in [1.807, 2.05) is 0 Å². The van der Waals surface area contributed by atoms with Gasteiger partial charge in [-0.3, -0.25) is 0 Å². The Morgan fingerprint density at radius 1 is 1.48 bits per heavy atom. The van der Waals surface area contributed by atoms with Gasteiger partial charge >= 0.3 is 0 Å². The fourth-order valence-electron chi connectivity index (χ4n) is 2.53. The molecular formula is C12H17N5O4. The highest BCUT2D eigenvalue weighted by Crippen LogP contribution is 2.40. The van der Waals surface area contributed by atoms with Crippen LogP contribution >= 0.6 is 0 Å². The van der Waals surface area contributed by atoms with Crippen molar-refractivity contribution in [1.82, 2.24) is 19.9 Å². The van der Waals surface area contributed by atoms with Crippen LogP contribution in [0.2, 0.25) is 0 Å². The molecule has 2 aromatic heterocycles. The van der Waals surface area contributed by atoms with Crippen molar-refractivity contribution < 1.29 is 20.1 Å². The molecule has 3 heterocycles. The van der Waals surface area contributed by atoms with E-state index < -0.39 is 30.5 Å². The number of nitrogens with one attached hydrogen (secondary N) is 2. The molecule has 1 aliphatic rings. The Morgan fingerprint density at radius 3 is 2.86 bits per heavy atom. The number of H-pyrrole nitrogens is 1. The van der Waals surface area contributed by atoms with E-state index in [0.29, 0.717) is 17.0 Å². The van der Waals surface area contributed by atoms with Gasteiger partial charge in [-0.05, 0) is 6.92 Å². The van der Waals surface area contributed by atoms with Crippen molar-refractivity contribution in [3.05, 3.63) is 12.2 Å². The zero-order valence-corrected chi connectivity index (χ0v) is 11.6. The van der Waals surface area contributed by atoms with E-state index in [1.54, 1.807) is 7.05 Å². The number of hydrogen-bond donors (Lipinski definition) is 5. The van der Waals surface area contributed by atoms with Gasteiger partial charge in [-0.15, -0.1) is 0 Å². The topological polar surface area (TPSA) is 136 Å². The quantitative estimate of drug-likeness (QED) is 0.483. The van der Waals surface area contributed by atoms with Crippen LogP contribution in [0.3, 0.4) is 0 Å². The lowest BCUT2D eigenvalue weighted by Gasteiger charge is -2.25. The summed E-state index contributed by atoms with van der Waals surface area (Å²) < 4.78 is 5.51. The molecule has 114 valence electrons. The molecule has 2 aromatic rings. The van der Waals surface area contributed by atoms with Gasteiger partial charge in [-0.2, -0.15) is 0 Å². The molecular weight excluding hydrogens is 278 g/mol. The Kier molecular flexibility index (Phi) is 3.29. The maximum absolute atomic E-state index is 10.4. The van der Waals surface area contributed by atoms with E-state index >= 15 is 0 Å². The summed E-state index contributed by atoms with van der Waals surface area (Å²) in [5, 5.41) is 32.6.